The lowest BCUT2D eigenvalue weighted by Gasteiger charge is -2.00. The van der Waals surface area contributed by atoms with Crippen molar-refractivity contribution in [2.75, 3.05) is 0 Å². The zero-order valence-corrected chi connectivity index (χ0v) is 7.55. The van der Waals surface area contributed by atoms with Gasteiger partial charge < -0.3 is 9.84 Å². The van der Waals surface area contributed by atoms with E-state index in [1.165, 1.54) is 0 Å². The number of hydrogen-bond acceptors (Lipinski definition) is 5. The van der Waals surface area contributed by atoms with Crippen LogP contribution in [0.4, 0.5) is 0 Å². The van der Waals surface area contributed by atoms with E-state index in [1.54, 1.807) is 24.9 Å². The quantitative estimate of drug-likeness (QED) is 0.770. The van der Waals surface area contributed by atoms with E-state index >= 15 is 0 Å². The summed E-state index contributed by atoms with van der Waals surface area (Å²) < 4.78 is 4.70. The van der Waals surface area contributed by atoms with Gasteiger partial charge in [0, 0.05) is 37.7 Å². The summed E-state index contributed by atoms with van der Waals surface area (Å²) in [5, 5.41) is 6.95. The Labute approximate surface area is 81.2 Å². The van der Waals surface area contributed by atoms with Gasteiger partial charge in [0.2, 0.25) is 0 Å². The molecule has 0 aliphatic carbocycles. The summed E-state index contributed by atoms with van der Waals surface area (Å²) in [5.74, 6) is 0. The Morgan fingerprint density at radius 3 is 2.86 bits per heavy atom. The number of aromatic nitrogens is 3. The van der Waals surface area contributed by atoms with Gasteiger partial charge in [0.05, 0.1) is 11.4 Å². The molecule has 14 heavy (non-hydrogen) atoms. The Morgan fingerprint density at radius 1 is 1.21 bits per heavy atom. The standard InChI is InChI=1S/C9H10N4O/c1-4-14-13-8(1)5-11-7-9-6-10-2-3-12-9/h1-4,6,11H,5,7H2. The van der Waals surface area contributed by atoms with Gasteiger partial charge in [-0.2, -0.15) is 0 Å². The van der Waals surface area contributed by atoms with Crippen molar-refractivity contribution in [1.29, 1.82) is 0 Å². The molecule has 0 amide bonds. The van der Waals surface area contributed by atoms with Crippen molar-refractivity contribution < 1.29 is 4.52 Å². The van der Waals surface area contributed by atoms with Crippen molar-refractivity contribution in [2.45, 2.75) is 13.1 Å². The normalized spacial score (nSPS) is 10.3. The zero-order valence-electron chi connectivity index (χ0n) is 7.55. The van der Waals surface area contributed by atoms with E-state index in [1.807, 2.05) is 6.07 Å². The van der Waals surface area contributed by atoms with Gasteiger partial charge in [-0.15, -0.1) is 0 Å². The minimum atomic E-state index is 0.674. The van der Waals surface area contributed by atoms with Crippen molar-refractivity contribution in [3.63, 3.8) is 0 Å². The second-order valence-corrected chi connectivity index (χ2v) is 2.79. The van der Waals surface area contributed by atoms with Crippen molar-refractivity contribution in [3.05, 3.63) is 42.3 Å². The molecule has 2 aromatic heterocycles. The molecule has 0 saturated carbocycles. The molecule has 0 aliphatic heterocycles. The molecule has 0 fully saturated rings. The van der Waals surface area contributed by atoms with Gasteiger partial charge in [0.25, 0.3) is 0 Å². The molecule has 0 spiro atoms. The van der Waals surface area contributed by atoms with Crippen LogP contribution in [-0.2, 0) is 13.1 Å². The summed E-state index contributed by atoms with van der Waals surface area (Å²) in [6, 6.07) is 1.82. The molecule has 0 aliphatic rings. The Bertz CT molecular complexity index is 360. The Kier molecular flexibility index (Phi) is 2.82. The van der Waals surface area contributed by atoms with Crippen LogP contribution in [0.15, 0.2) is 35.4 Å². The second kappa shape index (κ2) is 4.48. The van der Waals surface area contributed by atoms with Gasteiger partial charge in [-0.05, 0) is 0 Å². The van der Waals surface area contributed by atoms with E-state index in [2.05, 4.69) is 20.4 Å². The van der Waals surface area contributed by atoms with Gasteiger partial charge in [0.1, 0.15) is 6.26 Å². The lowest BCUT2D eigenvalue weighted by atomic mass is 10.4. The maximum Gasteiger partial charge on any atom is 0.124 e. The minimum absolute atomic E-state index is 0.674. The Balaban J connectivity index is 1.79. The summed E-state index contributed by atoms with van der Waals surface area (Å²) in [6.45, 7) is 1.35. The Morgan fingerprint density at radius 2 is 2.14 bits per heavy atom. The maximum atomic E-state index is 4.70. The van der Waals surface area contributed by atoms with E-state index in [-0.39, 0.29) is 0 Å². The molecule has 0 bridgehead atoms. The molecule has 1 N–H and O–H groups in total. The topological polar surface area (TPSA) is 63.8 Å². The lowest BCUT2D eigenvalue weighted by molar-refractivity contribution is 0.408. The van der Waals surface area contributed by atoms with Crippen LogP contribution < -0.4 is 5.32 Å². The molecular weight excluding hydrogens is 180 g/mol. The van der Waals surface area contributed by atoms with E-state index in [4.69, 9.17) is 4.52 Å². The molecule has 0 atom stereocenters. The van der Waals surface area contributed by atoms with Crippen LogP contribution in [0.25, 0.3) is 0 Å². The summed E-state index contributed by atoms with van der Waals surface area (Å²) >= 11 is 0. The van der Waals surface area contributed by atoms with Gasteiger partial charge >= 0.3 is 0 Å². The maximum absolute atomic E-state index is 4.70. The van der Waals surface area contributed by atoms with Crippen molar-refractivity contribution in [1.82, 2.24) is 20.4 Å². The fourth-order valence-corrected chi connectivity index (χ4v) is 1.07. The van der Waals surface area contributed by atoms with E-state index in [0.717, 1.165) is 11.4 Å². The van der Waals surface area contributed by atoms with Crippen molar-refractivity contribution >= 4 is 0 Å². The van der Waals surface area contributed by atoms with Gasteiger partial charge in [0.15, 0.2) is 0 Å². The van der Waals surface area contributed by atoms with Crippen LogP contribution in [0, 0.1) is 0 Å². The fraction of sp³-hybridized carbons (Fsp3) is 0.222. The molecule has 2 heterocycles. The first-order valence-electron chi connectivity index (χ1n) is 4.30. The molecule has 5 nitrogen and oxygen atoms in total. The summed E-state index contributed by atoms with van der Waals surface area (Å²) in [4.78, 5) is 8.09. The molecular formula is C9H10N4O. The first-order chi connectivity index (χ1) is 6.95. The SMILES string of the molecule is c1cnc(CNCc2ccon2)cn1. The molecule has 2 aromatic rings. The zero-order chi connectivity index (χ0) is 9.64. The summed E-state index contributed by atoms with van der Waals surface area (Å²) in [5.41, 5.74) is 1.80. The molecule has 0 aromatic carbocycles. The average Bonchev–Trinajstić information content (AvgIpc) is 2.72. The predicted octanol–water partition coefficient (Wildman–Crippen LogP) is 0.754. The van der Waals surface area contributed by atoms with E-state index in [0.29, 0.717) is 13.1 Å². The fourth-order valence-electron chi connectivity index (χ4n) is 1.07. The van der Waals surface area contributed by atoms with Gasteiger partial charge in [-0.3, -0.25) is 9.97 Å². The molecule has 0 saturated heterocycles. The monoisotopic (exact) mass is 190 g/mol. The van der Waals surface area contributed by atoms with E-state index in [9.17, 15) is 0 Å². The molecule has 72 valence electrons. The highest BCUT2D eigenvalue weighted by Gasteiger charge is 1.96. The molecule has 0 radical (unpaired) electrons. The number of nitrogens with zero attached hydrogens (tertiary/aromatic N) is 3. The number of nitrogens with one attached hydrogen (secondary N) is 1. The highest BCUT2D eigenvalue weighted by Crippen LogP contribution is 1.94. The third-order valence-electron chi connectivity index (χ3n) is 1.72. The first-order valence-corrected chi connectivity index (χ1v) is 4.30. The third kappa shape index (κ3) is 2.37. The molecule has 2 rings (SSSR count). The first kappa shape index (κ1) is 8.83. The Hall–Kier alpha value is -1.75. The molecule has 5 heteroatoms. The second-order valence-electron chi connectivity index (χ2n) is 2.79. The van der Waals surface area contributed by atoms with Crippen molar-refractivity contribution in [2.24, 2.45) is 0 Å². The van der Waals surface area contributed by atoms with Crippen LogP contribution in [0.3, 0.4) is 0 Å². The van der Waals surface area contributed by atoms with Crippen LogP contribution >= 0.6 is 0 Å². The highest BCUT2D eigenvalue weighted by molar-refractivity contribution is 4.97. The largest absolute Gasteiger partial charge is 0.364 e. The molecule has 0 unspecified atom stereocenters. The van der Waals surface area contributed by atoms with Crippen LogP contribution in [0.5, 0.6) is 0 Å². The number of rotatable bonds is 4. The van der Waals surface area contributed by atoms with Crippen LogP contribution in [-0.4, -0.2) is 15.1 Å². The van der Waals surface area contributed by atoms with Crippen LogP contribution in [0.1, 0.15) is 11.4 Å². The van der Waals surface area contributed by atoms with Crippen molar-refractivity contribution in [3.8, 4) is 0 Å². The summed E-state index contributed by atoms with van der Waals surface area (Å²) in [7, 11) is 0. The minimum Gasteiger partial charge on any atom is -0.364 e. The van der Waals surface area contributed by atoms with Gasteiger partial charge in [-0.1, -0.05) is 5.16 Å². The van der Waals surface area contributed by atoms with Crippen LogP contribution in [0.2, 0.25) is 0 Å². The predicted molar refractivity (Wildman–Crippen MR) is 49.1 cm³/mol. The van der Waals surface area contributed by atoms with E-state index < -0.39 is 0 Å². The third-order valence-corrected chi connectivity index (χ3v) is 1.72. The number of hydrogen-bond donors (Lipinski definition) is 1. The highest BCUT2D eigenvalue weighted by atomic mass is 16.5. The lowest BCUT2D eigenvalue weighted by Crippen LogP contribution is -2.13. The average molecular weight is 190 g/mol. The summed E-state index contributed by atoms with van der Waals surface area (Å²) in [6.07, 6.45) is 6.61. The smallest absolute Gasteiger partial charge is 0.124 e. The van der Waals surface area contributed by atoms with Gasteiger partial charge in [-0.25, -0.2) is 0 Å².